The van der Waals surface area contributed by atoms with Gasteiger partial charge in [-0.15, -0.1) is 0 Å². The topological polar surface area (TPSA) is 89.3 Å². The Balaban J connectivity index is 1.87. The molecule has 1 aromatic heterocycles. The number of carbonyl (C=O) groups excluding carboxylic acids is 1. The Labute approximate surface area is 167 Å². The molecule has 0 radical (unpaired) electrons. The number of benzene rings is 1. The molecule has 4 N–H and O–H groups in total. The molecule has 1 aromatic carbocycles. The van der Waals surface area contributed by atoms with E-state index in [-0.39, 0.29) is 5.15 Å². The summed E-state index contributed by atoms with van der Waals surface area (Å²) in [5.41, 5.74) is 7.60. The van der Waals surface area contributed by atoms with E-state index in [1.807, 2.05) is 39.0 Å². The lowest BCUT2D eigenvalue weighted by molar-refractivity contribution is 0.0527. The highest BCUT2D eigenvalue weighted by atomic mass is 79.9. The molecule has 0 spiro atoms. The summed E-state index contributed by atoms with van der Waals surface area (Å²) in [5.74, 6) is 0. The van der Waals surface area contributed by atoms with E-state index in [0.29, 0.717) is 18.8 Å². The summed E-state index contributed by atoms with van der Waals surface area (Å²) in [4.78, 5) is 15.9. The molecular formula is C18H24BrClN4O2. The van der Waals surface area contributed by atoms with Gasteiger partial charge in [-0.25, -0.2) is 9.78 Å². The van der Waals surface area contributed by atoms with Gasteiger partial charge < -0.3 is 21.1 Å². The van der Waals surface area contributed by atoms with Gasteiger partial charge in [-0.3, -0.25) is 0 Å². The minimum absolute atomic E-state index is 0.286. The zero-order valence-corrected chi connectivity index (χ0v) is 17.5. The number of fused-ring (bicyclic) bond motifs is 1. The van der Waals surface area contributed by atoms with E-state index in [1.165, 1.54) is 0 Å². The number of nitrogens with zero attached hydrogens (tertiary/aromatic N) is 1. The fourth-order valence-corrected chi connectivity index (χ4v) is 2.93. The monoisotopic (exact) mass is 442 g/mol. The lowest BCUT2D eigenvalue weighted by Crippen LogP contribution is -2.33. The number of ether oxygens (including phenoxy) is 1. The zero-order valence-electron chi connectivity index (χ0n) is 15.2. The number of nitrogens with one attached hydrogen (secondary N) is 2. The number of pyridine rings is 1. The van der Waals surface area contributed by atoms with Crippen LogP contribution in [0.2, 0.25) is 5.15 Å². The van der Waals surface area contributed by atoms with Gasteiger partial charge >= 0.3 is 6.09 Å². The summed E-state index contributed by atoms with van der Waals surface area (Å²) < 4.78 is 6.14. The van der Waals surface area contributed by atoms with Crippen LogP contribution in [0.5, 0.6) is 0 Å². The van der Waals surface area contributed by atoms with E-state index in [1.54, 1.807) is 0 Å². The predicted octanol–water partition coefficient (Wildman–Crippen LogP) is 4.95. The summed E-state index contributed by atoms with van der Waals surface area (Å²) >= 11 is 9.60. The molecule has 142 valence electrons. The number of hydrogen-bond acceptors (Lipinski definition) is 5. The van der Waals surface area contributed by atoms with E-state index in [4.69, 9.17) is 22.1 Å². The molecule has 0 aliphatic rings. The molecule has 0 unspecified atom stereocenters. The van der Waals surface area contributed by atoms with Crippen LogP contribution in [-0.4, -0.2) is 29.8 Å². The summed E-state index contributed by atoms with van der Waals surface area (Å²) in [6.45, 7) is 6.76. The largest absolute Gasteiger partial charge is 0.444 e. The van der Waals surface area contributed by atoms with Crippen LogP contribution in [0.3, 0.4) is 0 Å². The minimum atomic E-state index is -0.487. The van der Waals surface area contributed by atoms with Gasteiger partial charge in [0.1, 0.15) is 5.60 Å². The number of nitrogens with two attached hydrogens (primary N) is 1. The number of alkyl carbamates (subject to hydrolysis) is 1. The number of carbonyl (C=O) groups is 1. The number of nitrogen functional groups attached to an aromatic ring is 1. The number of amides is 1. The van der Waals surface area contributed by atoms with Crippen molar-refractivity contribution in [3.63, 3.8) is 0 Å². The molecule has 0 bridgehead atoms. The average molecular weight is 444 g/mol. The Morgan fingerprint density at radius 2 is 2.00 bits per heavy atom. The molecule has 2 rings (SSSR count). The Hall–Kier alpha value is -1.73. The Bertz CT molecular complexity index is 793. The van der Waals surface area contributed by atoms with Crippen molar-refractivity contribution in [3.8, 4) is 0 Å². The molecule has 26 heavy (non-hydrogen) atoms. The minimum Gasteiger partial charge on any atom is -0.444 e. The first-order chi connectivity index (χ1) is 12.2. The van der Waals surface area contributed by atoms with Gasteiger partial charge in [-0.1, -0.05) is 27.5 Å². The quantitative estimate of drug-likeness (QED) is 0.434. The maximum atomic E-state index is 11.6. The van der Waals surface area contributed by atoms with Gasteiger partial charge in [0, 0.05) is 22.9 Å². The number of rotatable bonds is 6. The Morgan fingerprint density at radius 3 is 2.69 bits per heavy atom. The second kappa shape index (κ2) is 8.77. The predicted molar refractivity (Wildman–Crippen MR) is 111 cm³/mol. The normalized spacial score (nSPS) is 11.4. The third-order valence-electron chi connectivity index (χ3n) is 3.51. The lowest BCUT2D eigenvalue weighted by atomic mass is 10.1. The number of halogens is 2. The van der Waals surface area contributed by atoms with Gasteiger partial charge in [-0.05, 0) is 51.8 Å². The van der Waals surface area contributed by atoms with Gasteiger partial charge in [-0.2, -0.15) is 0 Å². The molecule has 0 saturated carbocycles. The molecule has 0 aliphatic carbocycles. The summed E-state index contributed by atoms with van der Waals surface area (Å²) in [6.07, 6.45) is 1.27. The Kier molecular flexibility index (Phi) is 6.94. The first-order valence-corrected chi connectivity index (χ1v) is 9.59. The van der Waals surface area contributed by atoms with Crippen LogP contribution >= 0.6 is 27.5 Å². The molecule has 1 amide bonds. The van der Waals surface area contributed by atoms with Gasteiger partial charge in [0.2, 0.25) is 0 Å². The first kappa shape index (κ1) is 20.6. The first-order valence-electron chi connectivity index (χ1n) is 8.42. The number of anilines is 2. The highest BCUT2D eigenvalue weighted by Crippen LogP contribution is 2.34. The lowest BCUT2D eigenvalue weighted by Gasteiger charge is -2.19. The third-order valence-corrected chi connectivity index (χ3v) is 4.29. The van der Waals surface area contributed by atoms with Crippen LogP contribution in [0.15, 0.2) is 22.7 Å². The molecule has 0 aliphatic heterocycles. The van der Waals surface area contributed by atoms with Crippen molar-refractivity contribution in [2.45, 2.75) is 39.2 Å². The molecular weight excluding hydrogens is 420 g/mol. The molecule has 8 heteroatoms. The molecule has 0 saturated heterocycles. The van der Waals surface area contributed by atoms with Crippen LogP contribution in [0.25, 0.3) is 10.9 Å². The smallest absolute Gasteiger partial charge is 0.407 e. The molecule has 6 nitrogen and oxygen atoms in total. The maximum Gasteiger partial charge on any atom is 0.407 e. The number of aromatic nitrogens is 1. The standard InChI is InChI=1S/C18H24BrClN4O2/c1-18(2,3)26-17(25)23-9-5-4-8-22-15-12-10-11(19)6-7-13(12)24-16(20)14(15)21/h6-7,10H,4-5,8-9,21H2,1-3H3,(H,22,24)(H,23,25). The SMILES string of the molecule is CC(C)(C)OC(=O)NCCCCNc1c(N)c(Cl)nc2ccc(Br)cc12. The molecule has 0 atom stereocenters. The van der Waals surface area contributed by atoms with Crippen molar-refractivity contribution < 1.29 is 9.53 Å². The van der Waals surface area contributed by atoms with Crippen LogP contribution in [0, 0.1) is 0 Å². The van der Waals surface area contributed by atoms with Gasteiger partial charge in [0.25, 0.3) is 0 Å². The summed E-state index contributed by atoms with van der Waals surface area (Å²) in [5, 5.41) is 7.28. The van der Waals surface area contributed by atoms with E-state index in [0.717, 1.165) is 33.9 Å². The van der Waals surface area contributed by atoms with Crippen molar-refractivity contribution in [3.05, 3.63) is 27.8 Å². The van der Waals surface area contributed by atoms with Gasteiger partial charge in [0.15, 0.2) is 5.15 Å². The van der Waals surface area contributed by atoms with Crippen molar-refractivity contribution in [1.82, 2.24) is 10.3 Å². The second-order valence-electron chi connectivity index (χ2n) is 6.92. The maximum absolute atomic E-state index is 11.6. The number of unbranched alkanes of at least 4 members (excludes halogenated alkanes) is 1. The molecule has 0 fully saturated rings. The van der Waals surface area contributed by atoms with Gasteiger partial charge in [0.05, 0.1) is 16.9 Å². The van der Waals surface area contributed by atoms with Crippen molar-refractivity contribution >= 4 is 55.9 Å². The van der Waals surface area contributed by atoms with Crippen LogP contribution in [0.4, 0.5) is 16.2 Å². The highest BCUT2D eigenvalue weighted by molar-refractivity contribution is 9.10. The second-order valence-corrected chi connectivity index (χ2v) is 8.19. The van der Waals surface area contributed by atoms with Crippen molar-refractivity contribution in [2.24, 2.45) is 0 Å². The Morgan fingerprint density at radius 1 is 1.31 bits per heavy atom. The molecule has 1 heterocycles. The zero-order chi connectivity index (χ0) is 19.3. The van der Waals surface area contributed by atoms with E-state index in [2.05, 4.69) is 31.5 Å². The molecule has 2 aromatic rings. The van der Waals surface area contributed by atoms with Crippen molar-refractivity contribution in [1.29, 1.82) is 0 Å². The van der Waals surface area contributed by atoms with Crippen LogP contribution in [0.1, 0.15) is 33.6 Å². The third kappa shape index (κ3) is 5.92. The average Bonchev–Trinajstić information content (AvgIpc) is 2.53. The van der Waals surface area contributed by atoms with Crippen LogP contribution < -0.4 is 16.4 Å². The van der Waals surface area contributed by atoms with Crippen molar-refractivity contribution in [2.75, 3.05) is 24.1 Å². The van der Waals surface area contributed by atoms with E-state index >= 15 is 0 Å². The number of hydrogen-bond donors (Lipinski definition) is 3. The van der Waals surface area contributed by atoms with Crippen LogP contribution in [-0.2, 0) is 4.74 Å². The fourth-order valence-electron chi connectivity index (χ4n) is 2.38. The highest BCUT2D eigenvalue weighted by Gasteiger charge is 2.15. The van der Waals surface area contributed by atoms with E-state index < -0.39 is 11.7 Å². The summed E-state index contributed by atoms with van der Waals surface area (Å²) in [7, 11) is 0. The fraction of sp³-hybridized carbons (Fsp3) is 0.444. The summed E-state index contributed by atoms with van der Waals surface area (Å²) in [6, 6.07) is 5.76. The van der Waals surface area contributed by atoms with E-state index in [9.17, 15) is 4.79 Å².